The van der Waals surface area contributed by atoms with E-state index in [0.717, 1.165) is 16.5 Å². The van der Waals surface area contributed by atoms with E-state index in [0.29, 0.717) is 17.6 Å². The van der Waals surface area contributed by atoms with E-state index < -0.39 is 0 Å². The van der Waals surface area contributed by atoms with Crippen LogP contribution in [0.3, 0.4) is 0 Å². The van der Waals surface area contributed by atoms with Crippen LogP contribution in [-0.2, 0) is 0 Å². The third kappa shape index (κ3) is 2.75. The molecule has 0 aromatic heterocycles. The number of phenols is 1. The minimum atomic E-state index is 0.354. The number of benzene rings is 1. The van der Waals surface area contributed by atoms with Crippen molar-refractivity contribution in [1.29, 1.82) is 0 Å². The molecule has 1 unspecified atom stereocenters. The van der Waals surface area contributed by atoms with E-state index >= 15 is 0 Å². The Balaban J connectivity index is 3.19. The third-order valence-corrected chi connectivity index (χ3v) is 3.60. The van der Waals surface area contributed by atoms with Crippen LogP contribution in [0.4, 0.5) is 0 Å². The Kier molecular flexibility index (Phi) is 4.21. The van der Waals surface area contributed by atoms with Crippen molar-refractivity contribution < 1.29 is 5.11 Å². The van der Waals surface area contributed by atoms with E-state index in [1.165, 1.54) is 5.56 Å². The Bertz CT molecular complexity index is 345. The number of hydrogen-bond donors (Lipinski definition) is 1. The van der Waals surface area contributed by atoms with Gasteiger partial charge in [0.1, 0.15) is 5.75 Å². The molecule has 2 heteroatoms. The zero-order valence-electron chi connectivity index (χ0n) is 9.84. The monoisotopic (exact) mass is 270 g/mol. The van der Waals surface area contributed by atoms with Crippen molar-refractivity contribution in [3.63, 3.8) is 0 Å². The van der Waals surface area contributed by atoms with E-state index in [2.05, 4.69) is 43.6 Å². The van der Waals surface area contributed by atoms with E-state index in [1.807, 2.05) is 12.1 Å². The molecule has 0 aliphatic rings. The molecular formula is C13H19BrO. The van der Waals surface area contributed by atoms with Crippen LogP contribution in [-0.4, -0.2) is 5.11 Å². The first-order chi connectivity index (χ1) is 6.97. The smallest absolute Gasteiger partial charge is 0.119 e. The lowest BCUT2D eigenvalue weighted by atomic mass is 9.94. The molecule has 0 fully saturated rings. The van der Waals surface area contributed by atoms with Crippen molar-refractivity contribution in [2.75, 3.05) is 0 Å². The summed E-state index contributed by atoms with van der Waals surface area (Å²) < 4.78 is 1.11. The van der Waals surface area contributed by atoms with Gasteiger partial charge in [0, 0.05) is 4.47 Å². The lowest BCUT2D eigenvalue weighted by Gasteiger charge is -2.16. The number of hydrogen-bond acceptors (Lipinski definition) is 1. The van der Waals surface area contributed by atoms with Crippen LogP contribution in [0.2, 0.25) is 0 Å². The molecule has 1 N–H and O–H groups in total. The molecule has 0 heterocycles. The molecule has 1 nitrogen and oxygen atoms in total. The second-order valence-corrected chi connectivity index (χ2v) is 5.25. The molecule has 1 rings (SSSR count). The van der Waals surface area contributed by atoms with Gasteiger partial charge in [-0.2, -0.15) is 0 Å². The van der Waals surface area contributed by atoms with E-state index in [4.69, 9.17) is 0 Å². The highest BCUT2D eigenvalue weighted by Gasteiger charge is 2.13. The molecular weight excluding hydrogens is 252 g/mol. The van der Waals surface area contributed by atoms with Gasteiger partial charge in [-0.25, -0.2) is 0 Å². The maximum Gasteiger partial charge on any atom is 0.119 e. The van der Waals surface area contributed by atoms with Gasteiger partial charge >= 0.3 is 0 Å². The quantitative estimate of drug-likeness (QED) is 0.837. The standard InChI is InChI=1S/C13H19BrO/c1-5-9(4)11-7-13(15)10(8(2)3)6-12(11)14/h6-9,15H,5H2,1-4H3. The van der Waals surface area contributed by atoms with Gasteiger partial charge in [0.2, 0.25) is 0 Å². The molecule has 0 bridgehead atoms. The van der Waals surface area contributed by atoms with Crippen molar-refractivity contribution in [3.05, 3.63) is 27.7 Å². The summed E-state index contributed by atoms with van der Waals surface area (Å²) in [6.45, 7) is 8.51. The molecule has 0 spiro atoms. The molecule has 0 radical (unpaired) electrons. The summed E-state index contributed by atoms with van der Waals surface area (Å²) in [6, 6.07) is 3.94. The molecule has 0 aliphatic heterocycles. The van der Waals surface area contributed by atoms with Gasteiger partial charge in [0.15, 0.2) is 0 Å². The number of aromatic hydroxyl groups is 1. The minimum Gasteiger partial charge on any atom is -0.508 e. The first-order valence-corrected chi connectivity index (χ1v) is 6.29. The summed E-state index contributed by atoms with van der Waals surface area (Å²) in [5.41, 5.74) is 2.20. The van der Waals surface area contributed by atoms with Crippen molar-refractivity contribution in [1.82, 2.24) is 0 Å². The normalized spacial score (nSPS) is 13.2. The second kappa shape index (κ2) is 5.02. The van der Waals surface area contributed by atoms with Gasteiger partial charge in [-0.1, -0.05) is 43.6 Å². The first-order valence-electron chi connectivity index (χ1n) is 5.49. The Labute approximate surface area is 101 Å². The molecule has 0 saturated carbocycles. The average Bonchev–Trinajstić information content (AvgIpc) is 2.19. The van der Waals surface area contributed by atoms with Gasteiger partial charge in [0.25, 0.3) is 0 Å². The van der Waals surface area contributed by atoms with Crippen LogP contribution in [0, 0.1) is 0 Å². The van der Waals surface area contributed by atoms with E-state index in [9.17, 15) is 5.11 Å². The molecule has 1 atom stereocenters. The van der Waals surface area contributed by atoms with E-state index in [1.54, 1.807) is 0 Å². The third-order valence-electron chi connectivity index (χ3n) is 2.91. The molecule has 0 saturated heterocycles. The molecule has 84 valence electrons. The van der Waals surface area contributed by atoms with Crippen LogP contribution in [0.5, 0.6) is 5.75 Å². The zero-order valence-corrected chi connectivity index (χ0v) is 11.4. The average molecular weight is 271 g/mol. The fraction of sp³-hybridized carbons (Fsp3) is 0.538. The Morgan fingerprint density at radius 2 is 1.80 bits per heavy atom. The van der Waals surface area contributed by atoms with Gasteiger partial charge < -0.3 is 5.11 Å². The summed E-state index contributed by atoms with van der Waals surface area (Å²) in [7, 11) is 0. The molecule has 1 aromatic rings. The predicted octanol–water partition coefficient (Wildman–Crippen LogP) is 4.79. The Morgan fingerprint density at radius 1 is 1.20 bits per heavy atom. The summed E-state index contributed by atoms with van der Waals surface area (Å²) in [6.07, 6.45) is 1.08. The Hall–Kier alpha value is -0.500. The number of halogens is 1. The fourth-order valence-corrected chi connectivity index (χ4v) is 2.41. The van der Waals surface area contributed by atoms with Gasteiger partial charge in [-0.05, 0) is 41.5 Å². The lowest BCUT2D eigenvalue weighted by molar-refractivity contribution is 0.463. The van der Waals surface area contributed by atoms with Crippen molar-refractivity contribution in [2.45, 2.75) is 46.0 Å². The minimum absolute atomic E-state index is 0.354. The molecule has 1 aromatic carbocycles. The van der Waals surface area contributed by atoms with Gasteiger partial charge in [0.05, 0.1) is 0 Å². The Morgan fingerprint density at radius 3 is 2.27 bits per heavy atom. The summed E-state index contributed by atoms with van der Waals surface area (Å²) in [4.78, 5) is 0. The summed E-state index contributed by atoms with van der Waals surface area (Å²) in [5, 5.41) is 9.91. The van der Waals surface area contributed by atoms with E-state index in [-0.39, 0.29) is 0 Å². The van der Waals surface area contributed by atoms with Gasteiger partial charge in [-0.3, -0.25) is 0 Å². The van der Waals surface area contributed by atoms with Crippen LogP contribution < -0.4 is 0 Å². The molecule has 15 heavy (non-hydrogen) atoms. The van der Waals surface area contributed by atoms with Crippen LogP contribution in [0.15, 0.2) is 16.6 Å². The predicted molar refractivity (Wildman–Crippen MR) is 68.6 cm³/mol. The maximum absolute atomic E-state index is 9.91. The van der Waals surface area contributed by atoms with Crippen LogP contribution >= 0.6 is 15.9 Å². The SMILES string of the molecule is CCC(C)c1cc(O)c(C(C)C)cc1Br. The summed E-state index contributed by atoms with van der Waals surface area (Å²) >= 11 is 3.58. The number of phenolic OH excluding ortho intramolecular Hbond substituents is 1. The topological polar surface area (TPSA) is 20.2 Å². The first kappa shape index (κ1) is 12.6. The van der Waals surface area contributed by atoms with Gasteiger partial charge in [-0.15, -0.1) is 0 Å². The van der Waals surface area contributed by atoms with Crippen molar-refractivity contribution in [2.24, 2.45) is 0 Å². The largest absolute Gasteiger partial charge is 0.508 e. The lowest BCUT2D eigenvalue weighted by Crippen LogP contribution is -1.96. The van der Waals surface area contributed by atoms with Crippen LogP contribution in [0.25, 0.3) is 0 Å². The summed E-state index contributed by atoms with van der Waals surface area (Å²) in [5.74, 6) is 1.25. The highest BCUT2D eigenvalue weighted by atomic mass is 79.9. The highest BCUT2D eigenvalue weighted by molar-refractivity contribution is 9.10. The molecule has 0 aliphatic carbocycles. The fourth-order valence-electron chi connectivity index (χ4n) is 1.65. The highest BCUT2D eigenvalue weighted by Crippen LogP contribution is 2.35. The second-order valence-electron chi connectivity index (χ2n) is 4.40. The number of rotatable bonds is 3. The van der Waals surface area contributed by atoms with Crippen molar-refractivity contribution >= 4 is 15.9 Å². The maximum atomic E-state index is 9.91. The van der Waals surface area contributed by atoms with Crippen molar-refractivity contribution in [3.8, 4) is 5.75 Å². The van der Waals surface area contributed by atoms with Crippen LogP contribution in [0.1, 0.15) is 57.1 Å². The zero-order chi connectivity index (χ0) is 11.6. The molecule has 0 amide bonds.